The van der Waals surface area contributed by atoms with Gasteiger partial charge in [0.2, 0.25) is 0 Å². The number of hydrogen-bond acceptors (Lipinski definition) is 1. The highest BCUT2D eigenvalue weighted by molar-refractivity contribution is 8.00. The first-order valence-corrected chi connectivity index (χ1v) is 7.13. The lowest BCUT2D eigenvalue weighted by molar-refractivity contribution is -0.0328. The van der Waals surface area contributed by atoms with Crippen LogP contribution in [0.2, 0.25) is 0 Å². The van der Waals surface area contributed by atoms with Crippen molar-refractivity contribution in [2.75, 3.05) is 0 Å². The molecule has 1 fully saturated rings. The van der Waals surface area contributed by atoms with E-state index in [0.29, 0.717) is 11.5 Å². The van der Waals surface area contributed by atoms with Crippen molar-refractivity contribution in [1.29, 1.82) is 0 Å². The first-order valence-electron chi connectivity index (χ1n) is 6.32. The summed E-state index contributed by atoms with van der Waals surface area (Å²) < 4.78 is 37.5. The number of thioether (sulfide) groups is 1. The molecule has 0 spiro atoms. The van der Waals surface area contributed by atoms with E-state index in [0.717, 1.165) is 18.4 Å². The predicted molar refractivity (Wildman–Crippen MR) is 71.9 cm³/mol. The Morgan fingerprint density at radius 2 is 1.89 bits per heavy atom. The second-order valence-electron chi connectivity index (χ2n) is 4.80. The van der Waals surface area contributed by atoms with E-state index in [9.17, 15) is 13.2 Å². The molecule has 19 heavy (non-hydrogen) atoms. The summed E-state index contributed by atoms with van der Waals surface area (Å²) in [6, 6.07) is 5.04. The standard InChI is InChI=1S/C15H15F3S/c1-11-6-8-13(9-7-12-4-2-3-5-12)14(10-11)19-15(16,17)18/h6,8,10,12H,2-5H2,1H3. The summed E-state index contributed by atoms with van der Waals surface area (Å²) in [5.41, 5.74) is -2.96. The zero-order valence-electron chi connectivity index (χ0n) is 10.7. The van der Waals surface area contributed by atoms with E-state index in [-0.39, 0.29) is 16.7 Å². The molecule has 0 unspecified atom stereocenters. The second kappa shape index (κ2) is 5.92. The van der Waals surface area contributed by atoms with Crippen LogP contribution in [0.3, 0.4) is 0 Å². The minimum Gasteiger partial charge on any atom is -0.160 e. The topological polar surface area (TPSA) is 0 Å². The molecule has 0 atom stereocenters. The highest BCUT2D eigenvalue weighted by atomic mass is 32.2. The number of alkyl halides is 3. The summed E-state index contributed by atoms with van der Waals surface area (Å²) in [5.74, 6) is 6.40. The molecule has 0 amide bonds. The average Bonchev–Trinajstić information content (AvgIpc) is 2.78. The first kappa shape index (κ1) is 14.3. The van der Waals surface area contributed by atoms with Crippen LogP contribution in [-0.4, -0.2) is 5.51 Å². The molecule has 0 nitrogen and oxygen atoms in total. The van der Waals surface area contributed by atoms with Gasteiger partial charge in [-0.15, -0.1) is 0 Å². The molecular formula is C15H15F3S. The van der Waals surface area contributed by atoms with E-state index in [1.165, 1.54) is 12.8 Å². The van der Waals surface area contributed by atoms with Gasteiger partial charge in [-0.2, -0.15) is 13.2 Å². The maximum absolute atomic E-state index is 12.5. The monoisotopic (exact) mass is 284 g/mol. The quantitative estimate of drug-likeness (QED) is 0.507. The first-order chi connectivity index (χ1) is 8.94. The minimum absolute atomic E-state index is 0.0785. The Hall–Kier alpha value is -1.08. The second-order valence-corrected chi connectivity index (χ2v) is 5.90. The van der Waals surface area contributed by atoms with Gasteiger partial charge in [0.1, 0.15) is 0 Å². The van der Waals surface area contributed by atoms with Crippen LogP contribution in [0.25, 0.3) is 0 Å². The lowest BCUT2D eigenvalue weighted by Crippen LogP contribution is -2.00. The number of benzene rings is 1. The molecule has 1 aromatic carbocycles. The summed E-state index contributed by atoms with van der Waals surface area (Å²) in [5, 5.41) is 0. The fourth-order valence-electron chi connectivity index (χ4n) is 2.19. The van der Waals surface area contributed by atoms with E-state index in [4.69, 9.17) is 0 Å². The van der Waals surface area contributed by atoms with E-state index >= 15 is 0 Å². The van der Waals surface area contributed by atoms with Crippen LogP contribution in [0.5, 0.6) is 0 Å². The van der Waals surface area contributed by atoms with Crippen LogP contribution >= 0.6 is 11.8 Å². The van der Waals surface area contributed by atoms with Crippen molar-refractivity contribution in [2.24, 2.45) is 5.92 Å². The zero-order chi connectivity index (χ0) is 13.9. The Labute approximate surface area is 115 Å². The van der Waals surface area contributed by atoms with Crippen LogP contribution < -0.4 is 0 Å². The van der Waals surface area contributed by atoms with Crippen molar-refractivity contribution in [3.05, 3.63) is 29.3 Å². The fraction of sp³-hybridized carbons (Fsp3) is 0.467. The van der Waals surface area contributed by atoms with E-state index < -0.39 is 5.51 Å². The van der Waals surface area contributed by atoms with Gasteiger partial charge in [0, 0.05) is 16.4 Å². The Kier molecular flexibility index (Phi) is 4.46. The van der Waals surface area contributed by atoms with Gasteiger partial charge in [-0.1, -0.05) is 30.7 Å². The Morgan fingerprint density at radius 3 is 2.53 bits per heavy atom. The number of rotatable bonds is 1. The molecule has 0 heterocycles. The summed E-state index contributed by atoms with van der Waals surface area (Å²) in [6.45, 7) is 1.79. The third-order valence-corrected chi connectivity index (χ3v) is 3.92. The van der Waals surface area contributed by atoms with Crippen LogP contribution in [0, 0.1) is 24.7 Å². The van der Waals surface area contributed by atoms with Crippen LogP contribution in [0.1, 0.15) is 36.8 Å². The van der Waals surface area contributed by atoms with Gasteiger partial charge in [0.15, 0.2) is 0 Å². The molecule has 0 radical (unpaired) electrons. The molecule has 1 saturated carbocycles. The molecule has 0 aliphatic heterocycles. The number of aryl methyl sites for hydroxylation is 1. The van der Waals surface area contributed by atoms with Crippen LogP contribution in [0.15, 0.2) is 23.1 Å². The highest BCUT2D eigenvalue weighted by Gasteiger charge is 2.30. The molecule has 0 bridgehead atoms. The normalized spacial score (nSPS) is 16.2. The molecule has 0 aromatic heterocycles. The summed E-state index contributed by atoms with van der Waals surface area (Å²) in [6.07, 6.45) is 4.50. The minimum atomic E-state index is -4.27. The summed E-state index contributed by atoms with van der Waals surface area (Å²) in [7, 11) is 0. The van der Waals surface area contributed by atoms with Crippen LogP contribution in [-0.2, 0) is 0 Å². The Bertz CT molecular complexity index is 502. The molecule has 4 heteroatoms. The van der Waals surface area contributed by atoms with Crippen molar-refractivity contribution < 1.29 is 13.2 Å². The predicted octanol–water partition coefficient (Wildman–Crippen LogP) is 5.15. The van der Waals surface area contributed by atoms with Gasteiger partial charge in [-0.25, -0.2) is 0 Å². The number of hydrogen-bond donors (Lipinski definition) is 0. The SMILES string of the molecule is Cc1ccc(C#CC2CCCC2)c(SC(F)(F)F)c1. The van der Waals surface area contributed by atoms with Gasteiger partial charge in [-0.05, 0) is 49.2 Å². The molecule has 1 aliphatic carbocycles. The highest BCUT2D eigenvalue weighted by Crippen LogP contribution is 2.38. The molecule has 102 valence electrons. The maximum Gasteiger partial charge on any atom is 0.446 e. The fourth-order valence-corrected chi connectivity index (χ4v) is 2.92. The third-order valence-electron chi connectivity index (χ3n) is 3.13. The molecule has 1 aromatic rings. The maximum atomic E-state index is 12.5. The van der Waals surface area contributed by atoms with Crippen molar-refractivity contribution in [3.8, 4) is 11.8 Å². The Morgan fingerprint density at radius 1 is 1.21 bits per heavy atom. The largest absolute Gasteiger partial charge is 0.446 e. The van der Waals surface area contributed by atoms with Gasteiger partial charge in [-0.3, -0.25) is 0 Å². The van der Waals surface area contributed by atoms with Crippen molar-refractivity contribution >= 4 is 11.8 Å². The zero-order valence-corrected chi connectivity index (χ0v) is 11.5. The van der Waals surface area contributed by atoms with Gasteiger partial charge in [0.25, 0.3) is 0 Å². The smallest absolute Gasteiger partial charge is 0.160 e. The molecule has 0 saturated heterocycles. The Balaban J connectivity index is 2.23. The average molecular weight is 284 g/mol. The van der Waals surface area contributed by atoms with E-state index in [1.807, 2.05) is 0 Å². The number of halogens is 3. The lowest BCUT2D eigenvalue weighted by Gasteiger charge is -2.08. The van der Waals surface area contributed by atoms with Gasteiger partial charge < -0.3 is 0 Å². The van der Waals surface area contributed by atoms with Crippen molar-refractivity contribution in [3.63, 3.8) is 0 Å². The third kappa shape index (κ3) is 4.50. The lowest BCUT2D eigenvalue weighted by atomic mass is 10.1. The summed E-state index contributed by atoms with van der Waals surface area (Å²) >= 11 is -0.0785. The van der Waals surface area contributed by atoms with Crippen molar-refractivity contribution in [1.82, 2.24) is 0 Å². The van der Waals surface area contributed by atoms with Crippen LogP contribution in [0.4, 0.5) is 13.2 Å². The van der Waals surface area contributed by atoms with Gasteiger partial charge >= 0.3 is 5.51 Å². The summed E-state index contributed by atoms with van der Waals surface area (Å²) in [4.78, 5) is 0.206. The van der Waals surface area contributed by atoms with Gasteiger partial charge in [0.05, 0.1) is 0 Å². The van der Waals surface area contributed by atoms with Crippen molar-refractivity contribution in [2.45, 2.75) is 43.0 Å². The molecule has 1 aliphatic rings. The van der Waals surface area contributed by atoms with E-state index in [2.05, 4.69) is 11.8 Å². The van der Waals surface area contributed by atoms with E-state index in [1.54, 1.807) is 25.1 Å². The molecular weight excluding hydrogens is 269 g/mol. The molecule has 2 rings (SSSR count). The molecule has 0 N–H and O–H groups in total.